The summed E-state index contributed by atoms with van der Waals surface area (Å²) in [5, 5.41) is 9.44. The fourth-order valence-electron chi connectivity index (χ4n) is 2.76. The van der Waals surface area contributed by atoms with Gasteiger partial charge in [0.2, 0.25) is 0 Å². The Morgan fingerprint density at radius 2 is 1.86 bits per heavy atom. The molecular formula is C11H22N2O. The first-order valence-corrected chi connectivity index (χ1v) is 5.85. The number of hydrogen-bond donors (Lipinski definition) is 2. The summed E-state index contributed by atoms with van der Waals surface area (Å²) in [5.41, 5.74) is 6.12. The summed E-state index contributed by atoms with van der Waals surface area (Å²) in [7, 11) is 0. The third kappa shape index (κ3) is 2.10. The average Bonchev–Trinajstić information content (AvgIpc) is 2.16. The van der Waals surface area contributed by atoms with Crippen molar-refractivity contribution >= 4 is 0 Å². The zero-order valence-electron chi connectivity index (χ0n) is 8.91. The van der Waals surface area contributed by atoms with Crippen molar-refractivity contribution in [2.75, 3.05) is 26.2 Å². The van der Waals surface area contributed by atoms with Crippen LogP contribution in [0.4, 0.5) is 0 Å². The van der Waals surface area contributed by atoms with Gasteiger partial charge in [-0.15, -0.1) is 0 Å². The molecule has 3 heteroatoms. The molecule has 0 radical (unpaired) electrons. The first kappa shape index (κ1) is 10.4. The van der Waals surface area contributed by atoms with Crippen LogP contribution in [0.25, 0.3) is 0 Å². The van der Waals surface area contributed by atoms with E-state index >= 15 is 0 Å². The number of hydrogen-bond acceptors (Lipinski definition) is 3. The summed E-state index contributed by atoms with van der Waals surface area (Å²) in [4.78, 5) is 2.36. The van der Waals surface area contributed by atoms with E-state index in [0.717, 1.165) is 19.6 Å². The van der Waals surface area contributed by atoms with Crippen molar-refractivity contribution in [2.45, 2.75) is 38.2 Å². The highest BCUT2D eigenvalue weighted by molar-refractivity contribution is 4.92. The fraction of sp³-hybridized carbons (Fsp3) is 1.00. The van der Waals surface area contributed by atoms with E-state index in [2.05, 4.69) is 4.90 Å². The molecule has 1 aliphatic heterocycles. The molecule has 1 aliphatic carbocycles. The summed E-state index contributed by atoms with van der Waals surface area (Å²) in [6.45, 7) is 3.49. The lowest BCUT2D eigenvalue weighted by molar-refractivity contribution is 0.0156. The van der Waals surface area contributed by atoms with Crippen LogP contribution in [0, 0.1) is 5.41 Å². The molecule has 2 fully saturated rings. The smallest absolute Gasteiger partial charge is 0.0789 e. The molecule has 1 spiro atoms. The van der Waals surface area contributed by atoms with Gasteiger partial charge in [-0.1, -0.05) is 6.42 Å². The van der Waals surface area contributed by atoms with Crippen molar-refractivity contribution in [3.63, 3.8) is 0 Å². The number of aliphatic hydroxyl groups is 1. The van der Waals surface area contributed by atoms with Crippen LogP contribution in [-0.2, 0) is 0 Å². The monoisotopic (exact) mass is 198 g/mol. The van der Waals surface area contributed by atoms with Gasteiger partial charge in [0.25, 0.3) is 0 Å². The average molecular weight is 198 g/mol. The van der Waals surface area contributed by atoms with Crippen LogP contribution in [0.3, 0.4) is 0 Å². The minimum atomic E-state index is -0.328. The van der Waals surface area contributed by atoms with Gasteiger partial charge in [0.15, 0.2) is 0 Å². The van der Waals surface area contributed by atoms with Gasteiger partial charge < -0.3 is 15.7 Å². The molecule has 1 unspecified atom stereocenters. The highest BCUT2D eigenvalue weighted by Crippen LogP contribution is 2.48. The summed E-state index contributed by atoms with van der Waals surface area (Å²) >= 11 is 0. The molecule has 3 nitrogen and oxygen atoms in total. The second-order valence-corrected chi connectivity index (χ2v) is 5.04. The van der Waals surface area contributed by atoms with E-state index in [4.69, 9.17) is 5.73 Å². The number of likely N-dealkylation sites (tertiary alicyclic amines) is 1. The van der Waals surface area contributed by atoms with E-state index in [-0.39, 0.29) is 6.10 Å². The molecule has 1 atom stereocenters. The number of rotatable bonds is 3. The molecule has 0 bridgehead atoms. The second kappa shape index (κ2) is 4.17. The highest BCUT2D eigenvalue weighted by Gasteiger charge is 2.39. The Morgan fingerprint density at radius 1 is 1.21 bits per heavy atom. The van der Waals surface area contributed by atoms with E-state index < -0.39 is 0 Å². The topological polar surface area (TPSA) is 49.5 Å². The molecule has 1 saturated heterocycles. The molecule has 82 valence electrons. The van der Waals surface area contributed by atoms with E-state index in [1.807, 2.05) is 0 Å². The van der Waals surface area contributed by atoms with Gasteiger partial charge in [-0.2, -0.15) is 0 Å². The molecule has 1 saturated carbocycles. The Morgan fingerprint density at radius 3 is 2.29 bits per heavy atom. The minimum Gasteiger partial charge on any atom is -0.390 e. The van der Waals surface area contributed by atoms with E-state index in [0.29, 0.717) is 12.0 Å². The zero-order valence-corrected chi connectivity index (χ0v) is 8.91. The molecule has 2 rings (SSSR count). The molecule has 2 aliphatic rings. The zero-order chi connectivity index (χ0) is 10.0. The van der Waals surface area contributed by atoms with Gasteiger partial charge in [-0.25, -0.2) is 0 Å². The largest absolute Gasteiger partial charge is 0.390 e. The first-order valence-electron chi connectivity index (χ1n) is 5.85. The van der Waals surface area contributed by atoms with E-state index in [1.165, 1.54) is 32.1 Å². The second-order valence-electron chi connectivity index (χ2n) is 5.04. The van der Waals surface area contributed by atoms with Crippen molar-refractivity contribution in [2.24, 2.45) is 11.1 Å². The van der Waals surface area contributed by atoms with E-state index in [9.17, 15) is 5.11 Å². The molecule has 14 heavy (non-hydrogen) atoms. The van der Waals surface area contributed by atoms with Crippen molar-refractivity contribution in [1.82, 2.24) is 4.90 Å². The maximum absolute atomic E-state index is 9.44. The highest BCUT2D eigenvalue weighted by atomic mass is 16.3. The van der Waals surface area contributed by atoms with Gasteiger partial charge in [0.1, 0.15) is 0 Å². The van der Waals surface area contributed by atoms with Crippen LogP contribution in [-0.4, -0.2) is 42.3 Å². The lowest BCUT2D eigenvalue weighted by Gasteiger charge is -2.48. The summed E-state index contributed by atoms with van der Waals surface area (Å²) in [6.07, 6.45) is 6.67. The first-order chi connectivity index (χ1) is 6.74. The minimum absolute atomic E-state index is 0.328. The number of aliphatic hydroxyl groups excluding tert-OH is 1. The third-order valence-electron chi connectivity index (χ3n) is 4.07. The maximum atomic E-state index is 9.44. The van der Waals surface area contributed by atoms with Gasteiger partial charge in [0.05, 0.1) is 6.10 Å². The van der Waals surface area contributed by atoms with Crippen LogP contribution in [0.2, 0.25) is 0 Å². The predicted octanol–water partition coefficient (Wildman–Crippen LogP) is 0.572. The standard InChI is InChI=1S/C11H22N2O/c12-8-10(14)9-13-6-4-11(5-7-13)2-1-3-11/h10,14H,1-9,12H2. The summed E-state index contributed by atoms with van der Waals surface area (Å²) < 4.78 is 0. The van der Waals surface area contributed by atoms with Gasteiger partial charge >= 0.3 is 0 Å². The van der Waals surface area contributed by atoms with Crippen LogP contribution in [0.1, 0.15) is 32.1 Å². The molecule has 0 aromatic carbocycles. The van der Waals surface area contributed by atoms with Crippen LogP contribution >= 0.6 is 0 Å². The van der Waals surface area contributed by atoms with Crippen molar-refractivity contribution < 1.29 is 5.11 Å². The van der Waals surface area contributed by atoms with Crippen molar-refractivity contribution in [3.8, 4) is 0 Å². The molecular weight excluding hydrogens is 176 g/mol. The Labute approximate surface area is 86.3 Å². The van der Waals surface area contributed by atoms with Crippen molar-refractivity contribution in [3.05, 3.63) is 0 Å². The van der Waals surface area contributed by atoms with Gasteiger partial charge in [-0.3, -0.25) is 0 Å². The number of nitrogens with two attached hydrogens (primary N) is 1. The van der Waals surface area contributed by atoms with E-state index in [1.54, 1.807) is 0 Å². The van der Waals surface area contributed by atoms with Crippen LogP contribution < -0.4 is 5.73 Å². The normalized spacial score (nSPS) is 28.7. The predicted molar refractivity (Wildman–Crippen MR) is 57.0 cm³/mol. The SMILES string of the molecule is NCC(O)CN1CCC2(CCC2)CC1. The maximum Gasteiger partial charge on any atom is 0.0789 e. The van der Waals surface area contributed by atoms with Crippen LogP contribution in [0.15, 0.2) is 0 Å². The Balaban J connectivity index is 1.73. The number of β-amino-alcohol motifs (C(OH)–C–C–N with tert-alkyl or cyclic N) is 1. The Kier molecular flexibility index (Phi) is 3.10. The molecule has 1 heterocycles. The number of piperidine rings is 1. The molecule has 0 aromatic heterocycles. The molecule has 3 N–H and O–H groups in total. The van der Waals surface area contributed by atoms with Gasteiger partial charge in [-0.05, 0) is 44.2 Å². The molecule has 0 aromatic rings. The Hall–Kier alpha value is -0.120. The summed E-state index contributed by atoms with van der Waals surface area (Å²) in [5.74, 6) is 0. The molecule has 0 amide bonds. The number of nitrogens with zero attached hydrogens (tertiary/aromatic N) is 1. The fourth-order valence-corrected chi connectivity index (χ4v) is 2.76. The Bertz CT molecular complexity index is 182. The quantitative estimate of drug-likeness (QED) is 0.697. The van der Waals surface area contributed by atoms with Gasteiger partial charge in [0, 0.05) is 13.1 Å². The summed E-state index contributed by atoms with van der Waals surface area (Å²) in [6, 6.07) is 0. The lowest BCUT2D eigenvalue weighted by atomic mass is 9.63. The van der Waals surface area contributed by atoms with Crippen molar-refractivity contribution in [1.29, 1.82) is 0 Å². The lowest BCUT2D eigenvalue weighted by Crippen LogP contribution is -2.46. The van der Waals surface area contributed by atoms with Crippen LogP contribution in [0.5, 0.6) is 0 Å². The third-order valence-corrected chi connectivity index (χ3v) is 4.07.